The zero-order valence-electron chi connectivity index (χ0n) is 63.7. The third-order valence-electron chi connectivity index (χ3n) is 12.8. The van der Waals surface area contributed by atoms with Gasteiger partial charge in [-0.1, -0.05) is 0 Å². The van der Waals surface area contributed by atoms with Crippen molar-refractivity contribution >= 4 is 47.8 Å². The van der Waals surface area contributed by atoms with Gasteiger partial charge in [0.1, 0.15) is 25.4 Å². The van der Waals surface area contributed by atoms with Crippen LogP contribution in [0.3, 0.4) is 0 Å². The maximum absolute atomic E-state index is 12.2. The summed E-state index contributed by atoms with van der Waals surface area (Å²) in [6.07, 6.45) is -11.0. The van der Waals surface area contributed by atoms with Crippen molar-refractivity contribution in [2.24, 2.45) is 0 Å². The van der Waals surface area contributed by atoms with Gasteiger partial charge < -0.3 is 148 Å². The molecule has 0 amide bonds. The molecule has 628 valence electrons. The molecule has 0 bridgehead atoms. The molecule has 0 saturated heterocycles. The van der Waals surface area contributed by atoms with Crippen molar-refractivity contribution in [1.82, 2.24) is 0 Å². The van der Waals surface area contributed by atoms with E-state index in [1.807, 2.05) is 0 Å². The van der Waals surface area contributed by atoms with Crippen LogP contribution in [0.25, 0.3) is 0 Å². The van der Waals surface area contributed by atoms with E-state index in [1.54, 1.807) is 0 Å². The molecule has 0 aromatic carbocycles. The Morgan fingerprint density at radius 2 is 0.252 bits per heavy atom. The van der Waals surface area contributed by atoms with Crippen LogP contribution in [-0.4, -0.2) is 398 Å². The molecule has 39 heteroatoms. The van der Waals surface area contributed by atoms with Gasteiger partial charge in [0.15, 0.2) is 36.6 Å². The van der Waals surface area contributed by atoms with Crippen molar-refractivity contribution in [3.8, 4) is 0 Å². The number of carbonyl (C=O) groups excluding carboxylic acids is 8. The van der Waals surface area contributed by atoms with E-state index in [0.29, 0.717) is 251 Å². The van der Waals surface area contributed by atoms with Crippen LogP contribution >= 0.6 is 0 Å². The predicted octanol–water partition coefficient (Wildman–Crippen LogP) is -1.23. The topological polar surface area (TPSA) is 445 Å². The number of ether oxygens (including phenoxy) is 29. The lowest BCUT2D eigenvalue weighted by atomic mass is 10.3. The normalized spacial score (nSPS) is 13.7. The number of hydrogen-bond acceptors (Lipinski definition) is 39. The Kier molecular flexibility index (Phi) is 71.3. The van der Waals surface area contributed by atoms with E-state index >= 15 is 0 Å². The molecule has 8 unspecified atom stereocenters. The standard InChI is InChI=1S/C68H122O39/c1-53(69)61(71)102-57(5)65(75)106-59(7)67(77)104-55(3)63(73)100-51-49-98-47-45-96-43-41-94-39-37-92-35-33-90-31-29-88-27-25-86-23-21-84-19-17-82-15-13-80-11-9-79-10-12-81-14-16-83-18-20-85-22-24-87-26-28-89-30-32-91-34-36-93-38-40-95-42-44-97-46-48-99-50-52-101-64(74)56(4)105-68(78)60(8)107-66(76)58(6)103-62(72)54(2)70/h53-60,69-70H,9-52H2,1-8H3. The fraction of sp³-hybridized carbons (Fsp3) is 0.882. The van der Waals surface area contributed by atoms with Crippen molar-refractivity contribution < 1.29 is 186 Å². The summed E-state index contributed by atoms with van der Waals surface area (Å²) >= 11 is 0. The zero-order chi connectivity index (χ0) is 78.9. The fourth-order valence-electron chi connectivity index (χ4n) is 7.05. The number of aliphatic hydroxyl groups excluding tert-OH is 2. The van der Waals surface area contributed by atoms with Gasteiger partial charge in [-0.05, 0) is 55.4 Å². The second-order valence-corrected chi connectivity index (χ2v) is 22.0. The van der Waals surface area contributed by atoms with Crippen LogP contribution in [-0.2, 0) is 176 Å². The minimum Gasteiger partial charge on any atom is -0.461 e. The highest BCUT2D eigenvalue weighted by Gasteiger charge is 2.31. The van der Waals surface area contributed by atoms with Crippen molar-refractivity contribution in [1.29, 1.82) is 0 Å². The Labute approximate surface area is 626 Å². The molecule has 0 saturated carbocycles. The molecule has 0 rings (SSSR count). The summed E-state index contributed by atoms with van der Waals surface area (Å²) in [5, 5.41) is 18.4. The molecule has 107 heavy (non-hydrogen) atoms. The van der Waals surface area contributed by atoms with E-state index in [2.05, 4.69) is 0 Å². The first kappa shape index (κ1) is 102. The Balaban J connectivity index is 3.30. The number of hydrogen-bond donors (Lipinski definition) is 2. The SMILES string of the molecule is CC(O)C(=O)OC(C)C(=O)OC(C)C(=O)OC(C)C(=O)OCCOCCOCCOCCOCCOCCOCCOCCOCCOCCOCCOCCOCCOCCOCCOCCOCCOCCOCCOCCOCCOCCOC(=O)C(C)OC(=O)C(C)OC(=O)C(C)OC(=O)C(C)O. The average Bonchev–Trinajstić information content (AvgIpc) is 0.910. The van der Waals surface area contributed by atoms with Crippen LogP contribution in [0.15, 0.2) is 0 Å². The largest absolute Gasteiger partial charge is 0.461 e. The smallest absolute Gasteiger partial charge is 0.347 e. The number of aliphatic hydroxyl groups is 2. The highest BCUT2D eigenvalue weighted by Crippen LogP contribution is 2.08. The second-order valence-electron chi connectivity index (χ2n) is 22.0. The van der Waals surface area contributed by atoms with Gasteiger partial charge in [0.2, 0.25) is 0 Å². The van der Waals surface area contributed by atoms with Gasteiger partial charge in [0.25, 0.3) is 0 Å². The quantitative estimate of drug-likeness (QED) is 0.0409. The number of esters is 8. The first-order valence-corrected chi connectivity index (χ1v) is 35.8. The lowest BCUT2D eigenvalue weighted by molar-refractivity contribution is -0.183. The van der Waals surface area contributed by atoms with Gasteiger partial charge in [0, 0.05) is 0 Å². The molecule has 0 radical (unpaired) electrons. The van der Waals surface area contributed by atoms with E-state index in [-0.39, 0.29) is 39.6 Å². The van der Waals surface area contributed by atoms with Gasteiger partial charge >= 0.3 is 47.8 Å². The van der Waals surface area contributed by atoms with Crippen molar-refractivity contribution in [3.05, 3.63) is 0 Å². The van der Waals surface area contributed by atoms with E-state index < -0.39 is 96.6 Å². The summed E-state index contributed by atoms with van der Waals surface area (Å²) in [7, 11) is 0. The molecule has 0 aliphatic heterocycles. The summed E-state index contributed by atoms with van der Waals surface area (Å²) in [4.78, 5) is 95.6. The molecule has 0 aliphatic rings. The molecule has 0 fully saturated rings. The van der Waals surface area contributed by atoms with Gasteiger partial charge in [0.05, 0.1) is 277 Å². The van der Waals surface area contributed by atoms with Crippen LogP contribution in [0.1, 0.15) is 55.4 Å². The van der Waals surface area contributed by atoms with Crippen LogP contribution in [0.5, 0.6) is 0 Å². The first-order valence-electron chi connectivity index (χ1n) is 35.8. The van der Waals surface area contributed by atoms with E-state index in [0.717, 1.165) is 0 Å². The van der Waals surface area contributed by atoms with Crippen molar-refractivity contribution in [2.45, 2.75) is 104 Å². The third kappa shape index (κ3) is 67.5. The summed E-state index contributed by atoms with van der Waals surface area (Å²) in [5.41, 5.74) is 0. The maximum atomic E-state index is 12.2. The minimum absolute atomic E-state index is 0.0760. The maximum Gasteiger partial charge on any atom is 0.347 e. The monoisotopic (exact) mass is 1560 g/mol. The summed E-state index contributed by atoms with van der Waals surface area (Å²) in [6, 6.07) is 0. The molecule has 0 aliphatic carbocycles. The van der Waals surface area contributed by atoms with E-state index in [1.165, 1.54) is 55.4 Å². The predicted molar refractivity (Wildman–Crippen MR) is 366 cm³/mol. The van der Waals surface area contributed by atoms with Crippen LogP contribution < -0.4 is 0 Å². The Bertz CT molecular complexity index is 2000. The van der Waals surface area contributed by atoms with Gasteiger partial charge in [-0.25, -0.2) is 38.4 Å². The molecule has 39 nitrogen and oxygen atoms in total. The highest BCUT2D eigenvalue weighted by atomic mass is 16.7. The lowest BCUT2D eigenvalue weighted by Gasteiger charge is -2.18. The third-order valence-corrected chi connectivity index (χ3v) is 12.8. The molecule has 0 aromatic heterocycles. The van der Waals surface area contributed by atoms with Crippen LogP contribution in [0.2, 0.25) is 0 Å². The molecule has 0 spiro atoms. The van der Waals surface area contributed by atoms with Gasteiger partial charge in [-0.2, -0.15) is 0 Å². The Morgan fingerprint density at radius 1 is 0.159 bits per heavy atom. The molecule has 8 atom stereocenters. The zero-order valence-corrected chi connectivity index (χ0v) is 63.7. The molecule has 2 N–H and O–H groups in total. The number of carbonyl (C=O) groups is 8. The first-order chi connectivity index (χ1) is 51.8. The summed E-state index contributed by atoms with van der Waals surface area (Å²) in [6.45, 7) is 26.1. The van der Waals surface area contributed by atoms with Gasteiger partial charge in [-0.15, -0.1) is 0 Å². The molecule has 0 heterocycles. The second kappa shape index (κ2) is 74.9. The molecular formula is C68H122O39. The summed E-state index contributed by atoms with van der Waals surface area (Å²) < 4.78 is 154. The van der Waals surface area contributed by atoms with E-state index in [9.17, 15) is 48.6 Å². The van der Waals surface area contributed by atoms with Crippen molar-refractivity contribution in [2.75, 3.05) is 291 Å². The summed E-state index contributed by atoms with van der Waals surface area (Å²) in [5.74, 6) is -7.86. The number of rotatable bonds is 80. The fourth-order valence-corrected chi connectivity index (χ4v) is 7.05. The van der Waals surface area contributed by atoms with E-state index in [4.69, 9.17) is 137 Å². The minimum atomic E-state index is -1.44. The van der Waals surface area contributed by atoms with Gasteiger partial charge in [-0.3, -0.25) is 0 Å². The Hall–Kier alpha value is -5.16. The van der Waals surface area contributed by atoms with Crippen LogP contribution in [0.4, 0.5) is 0 Å². The van der Waals surface area contributed by atoms with Crippen LogP contribution in [0, 0.1) is 0 Å². The average molecular weight is 1560 g/mol. The molecular weight excluding hydrogens is 1440 g/mol. The van der Waals surface area contributed by atoms with Crippen molar-refractivity contribution in [3.63, 3.8) is 0 Å². The molecule has 0 aromatic rings. The highest BCUT2D eigenvalue weighted by molar-refractivity contribution is 5.86. The Morgan fingerprint density at radius 3 is 0.364 bits per heavy atom. The lowest BCUT2D eigenvalue weighted by Crippen LogP contribution is -2.37.